The van der Waals surface area contributed by atoms with Gasteiger partial charge >= 0.3 is 0 Å². The van der Waals surface area contributed by atoms with Crippen molar-refractivity contribution in [1.82, 2.24) is 10.2 Å². The Labute approximate surface area is 120 Å². The minimum absolute atomic E-state index is 0. The second-order valence-corrected chi connectivity index (χ2v) is 4.61. The number of rotatable bonds is 5. The number of hydrogen-bond donors (Lipinski definition) is 2. The number of nitrogens with two attached hydrogens (primary N) is 1. The number of hydrogen-bond acceptors (Lipinski definition) is 4. The fourth-order valence-corrected chi connectivity index (χ4v) is 1.97. The molecule has 2 amide bonds. The molecule has 0 bridgehead atoms. The minimum atomic E-state index is -0.422. The third-order valence-electron chi connectivity index (χ3n) is 2.95. The molecule has 1 fully saturated rings. The molecule has 0 aromatic carbocycles. The quantitative estimate of drug-likeness (QED) is 0.741. The van der Waals surface area contributed by atoms with Crippen LogP contribution in [0, 0.1) is 0 Å². The molecule has 1 heterocycles. The van der Waals surface area contributed by atoms with Gasteiger partial charge in [0, 0.05) is 26.6 Å². The van der Waals surface area contributed by atoms with Crippen molar-refractivity contribution in [2.24, 2.45) is 5.73 Å². The molecular weight excluding hydrogens is 270 g/mol. The largest absolute Gasteiger partial charge is 0.373 e. The molecular formula is C12H24ClN3O3. The van der Waals surface area contributed by atoms with Gasteiger partial charge < -0.3 is 20.7 Å². The van der Waals surface area contributed by atoms with Crippen LogP contribution in [-0.4, -0.2) is 55.1 Å². The topological polar surface area (TPSA) is 84.7 Å². The maximum Gasteiger partial charge on any atom is 0.239 e. The van der Waals surface area contributed by atoms with Crippen LogP contribution >= 0.6 is 12.4 Å². The lowest BCUT2D eigenvalue weighted by Crippen LogP contribution is -2.53. The van der Waals surface area contributed by atoms with Gasteiger partial charge in [-0.15, -0.1) is 12.4 Å². The van der Waals surface area contributed by atoms with E-state index in [4.69, 9.17) is 10.5 Å². The Morgan fingerprint density at radius 2 is 2.21 bits per heavy atom. The lowest BCUT2D eigenvalue weighted by molar-refractivity contribution is -0.140. The molecule has 1 saturated heterocycles. The molecule has 0 aromatic rings. The molecule has 2 atom stereocenters. The fourth-order valence-electron chi connectivity index (χ4n) is 1.97. The number of nitrogens with one attached hydrogen (secondary N) is 1. The number of nitrogens with zero attached hydrogens (tertiary/aromatic N) is 1. The second-order valence-electron chi connectivity index (χ2n) is 4.61. The zero-order valence-electron chi connectivity index (χ0n) is 11.6. The van der Waals surface area contributed by atoms with E-state index in [2.05, 4.69) is 5.32 Å². The summed E-state index contributed by atoms with van der Waals surface area (Å²) < 4.78 is 5.50. The molecule has 0 radical (unpaired) electrons. The Balaban J connectivity index is 0.00000324. The smallest absolute Gasteiger partial charge is 0.239 e. The predicted molar refractivity (Wildman–Crippen MR) is 75.1 cm³/mol. The molecule has 0 spiro atoms. The van der Waals surface area contributed by atoms with Crippen molar-refractivity contribution in [2.45, 2.75) is 38.8 Å². The number of halogens is 1. The van der Waals surface area contributed by atoms with Crippen LogP contribution in [0.5, 0.6) is 0 Å². The zero-order valence-corrected chi connectivity index (χ0v) is 12.4. The summed E-state index contributed by atoms with van der Waals surface area (Å²) in [7, 11) is 0. The van der Waals surface area contributed by atoms with Crippen LogP contribution in [0.4, 0.5) is 0 Å². The van der Waals surface area contributed by atoms with Gasteiger partial charge in [-0.25, -0.2) is 0 Å². The maximum atomic E-state index is 12.0. The maximum absolute atomic E-state index is 12.0. The Hall–Kier alpha value is -0.850. The fraction of sp³-hybridized carbons (Fsp3) is 0.833. The Kier molecular flexibility index (Phi) is 8.71. The predicted octanol–water partition coefficient (Wildman–Crippen LogP) is -0.101. The highest BCUT2D eigenvalue weighted by Gasteiger charge is 2.27. The first-order chi connectivity index (χ1) is 8.54. The van der Waals surface area contributed by atoms with Crippen LogP contribution in [0.2, 0.25) is 0 Å². The summed E-state index contributed by atoms with van der Waals surface area (Å²) >= 11 is 0. The first-order valence-electron chi connectivity index (χ1n) is 6.45. The van der Waals surface area contributed by atoms with Crippen molar-refractivity contribution in [1.29, 1.82) is 0 Å². The first kappa shape index (κ1) is 18.1. The SMILES string of the molecule is CCCC(N)C(=O)N1CCOC(CNC(C)=O)C1.Cl. The Bertz CT molecular complexity index is 302. The first-order valence-corrected chi connectivity index (χ1v) is 6.45. The lowest BCUT2D eigenvalue weighted by atomic mass is 10.1. The molecule has 0 aromatic heterocycles. The van der Waals surface area contributed by atoms with Crippen molar-refractivity contribution < 1.29 is 14.3 Å². The molecule has 7 heteroatoms. The molecule has 19 heavy (non-hydrogen) atoms. The molecule has 1 aliphatic rings. The highest BCUT2D eigenvalue weighted by molar-refractivity contribution is 5.85. The van der Waals surface area contributed by atoms with Crippen molar-refractivity contribution in [3.8, 4) is 0 Å². The van der Waals surface area contributed by atoms with Crippen LogP contribution in [0.25, 0.3) is 0 Å². The zero-order chi connectivity index (χ0) is 13.5. The van der Waals surface area contributed by atoms with Crippen LogP contribution < -0.4 is 11.1 Å². The van der Waals surface area contributed by atoms with E-state index < -0.39 is 6.04 Å². The second kappa shape index (κ2) is 9.12. The third-order valence-corrected chi connectivity index (χ3v) is 2.95. The van der Waals surface area contributed by atoms with Gasteiger partial charge in [0.1, 0.15) is 0 Å². The van der Waals surface area contributed by atoms with E-state index in [0.29, 0.717) is 32.7 Å². The van der Waals surface area contributed by atoms with Gasteiger partial charge in [-0.3, -0.25) is 9.59 Å². The number of ether oxygens (including phenoxy) is 1. The summed E-state index contributed by atoms with van der Waals surface area (Å²) in [6, 6.07) is -0.422. The molecule has 6 nitrogen and oxygen atoms in total. The van der Waals surface area contributed by atoms with E-state index >= 15 is 0 Å². The van der Waals surface area contributed by atoms with Crippen molar-refractivity contribution in [3.05, 3.63) is 0 Å². The summed E-state index contributed by atoms with van der Waals surface area (Å²) in [6.07, 6.45) is 1.46. The number of morpholine rings is 1. The van der Waals surface area contributed by atoms with E-state index in [0.717, 1.165) is 6.42 Å². The summed E-state index contributed by atoms with van der Waals surface area (Å²) in [4.78, 5) is 24.6. The number of carbonyl (C=O) groups excluding carboxylic acids is 2. The molecule has 1 aliphatic heterocycles. The summed E-state index contributed by atoms with van der Waals surface area (Å²) in [6.45, 7) is 5.47. The van der Waals surface area contributed by atoms with Gasteiger partial charge in [-0.1, -0.05) is 13.3 Å². The van der Waals surface area contributed by atoms with Gasteiger partial charge in [0.05, 0.1) is 18.8 Å². The van der Waals surface area contributed by atoms with Crippen LogP contribution in [-0.2, 0) is 14.3 Å². The summed E-state index contributed by atoms with van der Waals surface area (Å²) in [5.41, 5.74) is 5.82. The third kappa shape index (κ3) is 6.22. The summed E-state index contributed by atoms with van der Waals surface area (Å²) in [5, 5.41) is 2.70. The van der Waals surface area contributed by atoms with E-state index in [-0.39, 0.29) is 30.3 Å². The molecule has 2 unspecified atom stereocenters. The van der Waals surface area contributed by atoms with E-state index in [9.17, 15) is 9.59 Å². The van der Waals surface area contributed by atoms with Gasteiger partial charge in [0.15, 0.2) is 0 Å². The van der Waals surface area contributed by atoms with Gasteiger partial charge in [0.25, 0.3) is 0 Å². The summed E-state index contributed by atoms with van der Waals surface area (Å²) in [5.74, 6) is -0.113. The van der Waals surface area contributed by atoms with E-state index in [1.807, 2.05) is 6.92 Å². The van der Waals surface area contributed by atoms with Gasteiger partial charge in [-0.2, -0.15) is 0 Å². The lowest BCUT2D eigenvalue weighted by Gasteiger charge is -2.34. The monoisotopic (exact) mass is 293 g/mol. The normalized spacial score (nSPS) is 20.4. The molecule has 1 rings (SSSR count). The van der Waals surface area contributed by atoms with Gasteiger partial charge in [0.2, 0.25) is 11.8 Å². The number of amides is 2. The average molecular weight is 294 g/mol. The highest BCUT2D eigenvalue weighted by Crippen LogP contribution is 2.08. The van der Waals surface area contributed by atoms with E-state index in [1.165, 1.54) is 6.92 Å². The average Bonchev–Trinajstić information content (AvgIpc) is 2.36. The molecule has 0 saturated carbocycles. The Morgan fingerprint density at radius 1 is 1.53 bits per heavy atom. The Morgan fingerprint density at radius 3 is 2.79 bits per heavy atom. The minimum Gasteiger partial charge on any atom is -0.373 e. The van der Waals surface area contributed by atoms with Crippen molar-refractivity contribution in [3.63, 3.8) is 0 Å². The van der Waals surface area contributed by atoms with E-state index in [1.54, 1.807) is 4.90 Å². The van der Waals surface area contributed by atoms with Crippen molar-refractivity contribution in [2.75, 3.05) is 26.2 Å². The van der Waals surface area contributed by atoms with Gasteiger partial charge in [-0.05, 0) is 6.42 Å². The number of carbonyl (C=O) groups is 2. The van der Waals surface area contributed by atoms with Crippen LogP contribution in [0.3, 0.4) is 0 Å². The van der Waals surface area contributed by atoms with Crippen molar-refractivity contribution >= 4 is 24.2 Å². The molecule has 0 aliphatic carbocycles. The highest BCUT2D eigenvalue weighted by atomic mass is 35.5. The van der Waals surface area contributed by atoms with Crippen LogP contribution in [0.1, 0.15) is 26.7 Å². The molecule has 112 valence electrons. The standard InChI is InChI=1S/C12H23N3O3.ClH/c1-3-4-11(13)12(17)15-5-6-18-10(8-15)7-14-9(2)16;/h10-11H,3-8,13H2,1-2H3,(H,14,16);1H. The van der Waals surface area contributed by atoms with Crippen LogP contribution in [0.15, 0.2) is 0 Å². The molecule has 3 N–H and O–H groups in total.